The molecule has 0 bridgehead atoms. The zero-order valence-electron chi connectivity index (χ0n) is 8.57. The van der Waals surface area contributed by atoms with E-state index in [0.29, 0.717) is 22.8 Å². The number of aromatic nitrogens is 2. The highest BCUT2D eigenvalue weighted by atomic mass is 79.9. The van der Waals surface area contributed by atoms with E-state index in [1.54, 1.807) is 13.1 Å². The second-order valence-corrected chi connectivity index (χ2v) is 4.37. The van der Waals surface area contributed by atoms with Crippen LogP contribution in [0.2, 0.25) is 0 Å². The fourth-order valence-corrected chi connectivity index (χ4v) is 2.00. The van der Waals surface area contributed by atoms with Gasteiger partial charge in [0.2, 0.25) is 0 Å². The van der Waals surface area contributed by atoms with Crippen LogP contribution in [0, 0.1) is 0 Å². The quantitative estimate of drug-likeness (QED) is 0.795. The molecule has 0 unspecified atom stereocenters. The summed E-state index contributed by atoms with van der Waals surface area (Å²) in [6.45, 7) is 2.18. The predicted molar refractivity (Wildman–Crippen MR) is 58.8 cm³/mol. The topological polar surface area (TPSA) is 44.1 Å². The molecule has 0 saturated heterocycles. The van der Waals surface area contributed by atoms with Crippen molar-refractivity contribution in [3.63, 3.8) is 0 Å². The van der Waals surface area contributed by atoms with Crippen molar-refractivity contribution in [1.82, 2.24) is 9.78 Å². The van der Waals surface area contributed by atoms with Crippen LogP contribution in [0.3, 0.4) is 0 Å². The molecule has 0 atom stereocenters. The second-order valence-electron chi connectivity index (χ2n) is 3.62. The lowest BCUT2D eigenvalue weighted by Gasteiger charge is -2.25. The summed E-state index contributed by atoms with van der Waals surface area (Å²) in [5.74, 6) is -0.310. The number of esters is 1. The highest BCUT2D eigenvalue weighted by molar-refractivity contribution is 9.10. The minimum Gasteiger partial charge on any atom is -0.462 e. The molecule has 0 N–H and O–H groups in total. The van der Waals surface area contributed by atoms with Crippen molar-refractivity contribution in [3.8, 4) is 0 Å². The molecule has 5 heteroatoms. The van der Waals surface area contributed by atoms with E-state index in [1.165, 1.54) is 6.42 Å². The van der Waals surface area contributed by atoms with Gasteiger partial charge in [-0.25, -0.2) is 4.79 Å². The van der Waals surface area contributed by atoms with Gasteiger partial charge in [-0.15, -0.1) is 0 Å². The van der Waals surface area contributed by atoms with E-state index >= 15 is 0 Å². The van der Waals surface area contributed by atoms with Crippen LogP contribution in [0.5, 0.6) is 0 Å². The van der Waals surface area contributed by atoms with Crippen LogP contribution in [0.15, 0.2) is 10.8 Å². The number of hydrogen-bond donors (Lipinski definition) is 0. The molecule has 1 aliphatic rings. The van der Waals surface area contributed by atoms with Crippen LogP contribution in [-0.4, -0.2) is 22.4 Å². The van der Waals surface area contributed by atoms with E-state index in [4.69, 9.17) is 4.74 Å². The Labute approximate surface area is 96.7 Å². The maximum atomic E-state index is 11.5. The van der Waals surface area contributed by atoms with Gasteiger partial charge >= 0.3 is 5.97 Å². The van der Waals surface area contributed by atoms with Gasteiger partial charge in [-0.05, 0) is 42.1 Å². The smallest absolute Gasteiger partial charge is 0.342 e. The van der Waals surface area contributed by atoms with Gasteiger partial charge in [0.05, 0.1) is 12.6 Å². The first-order valence-corrected chi connectivity index (χ1v) is 5.93. The average Bonchev–Trinajstić information content (AvgIpc) is 2.44. The first kappa shape index (κ1) is 10.7. The summed E-state index contributed by atoms with van der Waals surface area (Å²) in [5.41, 5.74) is 0.517. The summed E-state index contributed by atoms with van der Waals surface area (Å²) in [5, 5.41) is 4.27. The van der Waals surface area contributed by atoms with Crippen LogP contribution in [-0.2, 0) is 4.74 Å². The largest absolute Gasteiger partial charge is 0.462 e. The number of halogens is 1. The van der Waals surface area contributed by atoms with Gasteiger partial charge < -0.3 is 4.74 Å². The molecular weight excluding hydrogens is 260 g/mol. The Bertz CT molecular complexity index is 371. The number of carbonyl (C=O) groups is 1. The van der Waals surface area contributed by atoms with Crippen LogP contribution < -0.4 is 0 Å². The monoisotopic (exact) mass is 272 g/mol. The molecule has 2 rings (SSSR count). The van der Waals surface area contributed by atoms with Crippen molar-refractivity contribution in [2.75, 3.05) is 6.61 Å². The molecule has 1 fully saturated rings. The summed E-state index contributed by atoms with van der Waals surface area (Å²) in [4.78, 5) is 11.5. The molecule has 82 valence electrons. The second kappa shape index (κ2) is 4.35. The molecule has 0 amide bonds. The Morgan fingerprint density at radius 1 is 1.73 bits per heavy atom. The Morgan fingerprint density at radius 2 is 2.47 bits per heavy atom. The molecule has 1 heterocycles. The normalized spacial score (nSPS) is 16.1. The van der Waals surface area contributed by atoms with Gasteiger partial charge in [-0.2, -0.15) is 5.10 Å². The summed E-state index contributed by atoms with van der Waals surface area (Å²) >= 11 is 3.28. The molecule has 1 saturated carbocycles. The molecule has 4 nitrogen and oxygen atoms in total. The van der Waals surface area contributed by atoms with Crippen LogP contribution in [0.25, 0.3) is 0 Å². The summed E-state index contributed by atoms with van der Waals surface area (Å²) in [6, 6.07) is 0.462. The van der Waals surface area contributed by atoms with Gasteiger partial charge in [0.1, 0.15) is 10.2 Å². The highest BCUT2D eigenvalue weighted by Crippen LogP contribution is 2.32. The van der Waals surface area contributed by atoms with Gasteiger partial charge in [-0.3, -0.25) is 4.68 Å². The summed E-state index contributed by atoms with van der Waals surface area (Å²) in [6.07, 6.45) is 5.32. The molecule has 1 aromatic rings. The molecule has 0 radical (unpaired) electrons. The zero-order valence-corrected chi connectivity index (χ0v) is 10.2. The van der Waals surface area contributed by atoms with Gasteiger partial charge in [-0.1, -0.05) is 0 Å². The maximum absolute atomic E-state index is 11.5. The molecule has 1 aliphatic carbocycles. The average molecular weight is 273 g/mol. The Kier molecular flexibility index (Phi) is 3.09. The van der Waals surface area contributed by atoms with Crippen LogP contribution >= 0.6 is 15.9 Å². The van der Waals surface area contributed by atoms with Gasteiger partial charge in [0, 0.05) is 6.20 Å². The molecule has 0 aliphatic heterocycles. The summed E-state index contributed by atoms with van der Waals surface area (Å²) in [7, 11) is 0. The first-order valence-electron chi connectivity index (χ1n) is 5.14. The van der Waals surface area contributed by atoms with Crippen molar-refractivity contribution in [1.29, 1.82) is 0 Å². The molecule has 0 spiro atoms. The van der Waals surface area contributed by atoms with E-state index in [9.17, 15) is 4.79 Å². The zero-order chi connectivity index (χ0) is 10.8. The highest BCUT2D eigenvalue weighted by Gasteiger charge is 2.23. The molecule has 15 heavy (non-hydrogen) atoms. The van der Waals surface area contributed by atoms with Crippen molar-refractivity contribution in [2.24, 2.45) is 0 Å². The maximum Gasteiger partial charge on any atom is 0.342 e. The van der Waals surface area contributed by atoms with E-state index in [0.717, 1.165) is 12.8 Å². The molecule has 1 aromatic heterocycles. The van der Waals surface area contributed by atoms with Crippen molar-refractivity contribution < 1.29 is 9.53 Å². The third kappa shape index (κ3) is 2.07. The fraction of sp³-hybridized carbons (Fsp3) is 0.600. The van der Waals surface area contributed by atoms with E-state index in [1.807, 2.05) is 4.68 Å². The third-order valence-electron chi connectivity index (χ3n) is 2.63. The Morgan fingerprint density at radius 3 is 3.00 bits per heavy atom. The number of carbonyl (C=O) groups excluding carboxylic acids is 1. The lowest BCUT2D eigenvalue weighted by molar-refractivity contribution is 0.0525. The third-order valence-corrected chi connectivity index (χ3v) is 3.22. The van der Waals surface area contributed by atoms with E-state index in [2.05, 4.69) is 21.0 Å². The van der Waals surface area contributed by atoms with Gasteiger partial charge in [0.15, 0.2) is 0 Å². The van der Waals surface area contributed by atoms with Crippen LogP contribution in [0.4, 0.5) is 0 Å². The van der Waals surface area contributed by atoms with Gasteiger partial charge in [0.25, 0.3) is 0 Å². The van der Waals surface area contributed by atoms with Crippen molar-refractivity contribution in [2.45, 2.75) is 32.2 Å². The summed E-state index contributed by atoms with van der Waals surface area (Å²) < 4.78 is 7.37. The number of rotatable bonds is 3. The van der Waals surface area contributed by atoms with E-state index < -0.39 is 0 Å². The SMILES string of the molecule is CCOC(=O)c1cn(C2CCC2)nc1Br. The Hall–Kier alpha value is -0.840. The number of nitrogens with zero attached hydrogens (tertiary/aromatic N) is 2. The predicted octanol–water partition coefficient (Wildman–Crippen LogP) is 2.55. The van der Waals surface area contributed by atoms with Crippen LogP contribution in [0.1, 0.15) is 42.6 Å². The number of ether oxygens (including phenoxy) is 1. The lowest BCUT2D eigenvalue weighted by atomic mass is 9.93. The first-order chi connectivity index (χ1) is 7.22. The standard InChI is InChI=1S/C10H13BrN2O2/c1-2-15-10(14)8-6-13(12-9(8)11)7-4-3-5-7/h6-7H,2-5H2,1H3. The minimum absolute atomic E-state index is 0.310. The van der Waals surface area contributed by atoms with Crippen molar-refractivity contribution in [3.05, 3.63) is 16.4 Å². The Balaban J connectivity index is 2.17. The lowest BCUT2D eigenvalue weighted by Crippen LogP contribution is -2.17. The number of hydrogen-bond acceptors (Lipinski definition) is 3. The molecule has 0 aromatic carbocycles. The van der Waals surface area contributed by atoms with E-state index in [-0.39, 0.29) is 5.97 Å². The molecular formula is C10H13BrN2O2. The van der Waals surface area contributed by atoms with Crippen molar-refractivity contribution >= 4 is 21.9 Å². The minimum atomic E-state index is -0.310. The fourth-order valence-electron chi connectivity index (χ4n) is 1.55.